The largest absolute Gasteiger partial charge is 1.00 e. The maximum atomic E-state index is 3.40. The van der Waals surface area contributed by atoms with Gasteiger partial charge < -0.3 is 24.8 Å². The third-order valence-corrected chi connectivity index (χ3v) is 4.15. The van der Waals surface area contributed by atoms with Crippen molar-refractivity contribution in [1.82, 2.24) is 0 Å². The molecule has 0 aromatic rings. The Balaban J connectivity index is -0.000000355. The fourth-order valence-corrected chi connectivity index (χ4v) is 3.30. The first kappa shape index (κ1) is 33.3. The molecule has 0 aromatic carbocycles. The van der Waals surface area contributed by atoms with Crippen LogP contribution in [0.5, 0.6) is 0 Å². The van der Waals surface area contributed by atoms with Crippen molar-refractivity contribution in [3.63, 3.8) is 0 Å². The summed E-state index contributed by atoms with van der Waals surface area (Å²) in [5.74, 6) is 1.04. The molecule has 160 valence electrons. The van der Waals surface area contributed by atoms with Crippen LogP contribution in [0.25, 0.3) is 0 Å². The van der Waals surface area contributed by atoms with Crippen LogP contribution in [-0.4, -0.2) is 5.49 Å². The summed E-state index contributed by atoms with van der Waals surface area (Å²) in [6.45, 7) is 26.8. The first-order valence-electron chi connectivity index (χ1n) is 9.73. The van der Waals surface area contributed by atoms with Gasteiger partial charge in [-0.2, -0.15) is 23.3 Å². The van der Waals surface area contributed by atoms with E-state index < -0.39 is 0 Å². The second-order valence-electron chi connectivity index (χ2n) is 9.78. The topological polar surface area (TPSA) is 0 Å². The van der Waals surface area contributed by atoms with Crippen molar-refractivity contribution >= 4 is 5.49 Å². The summed E-state index contributed by atoms with van der Waals surface area (Å²) >= 11 is 1.45. The zero-order valence-electron chi connectivity index (χ0n) is 20.1. The van der Waals surface area contributed by atoms with E-state index in [1.165, 1.54) is 45.3 Å². The van der Waals surface area contributed by atoms with Crippen molar-refractivity contribution in [2.24, 2.45) is 22.7 Å². The van der Waals surface area contributed by atoms with Crippen LogP contribution in [0.2, 0.25) is 13.1 Å². The van der Waals surface area contributed by atoms with E-state index in [1.54, 1.807) is 0 Å². The number of rotatable bonds is 0. The van der Waals surface area contributed by atoms with Crippen LogP contribution in [0.4, 0.5) is 0 Å². The summed E-state index contributed by atoms with van der Waals surface area (Å²) < 4.78 is 0. The van der Waals surface area contributed by atoms with Crippen molar-refractivity contribution in [3.8, 4) is 0 Å². The zero-order chi connectivity index (χ0) is 20.9. The fourth-order valence-electron chi connectivity index (χ4n) is 3.30. The van der Waals surface area contributed by atoms with E-state index in [4.69, 9.17) is 0 Å². The SMILES string of the molecule is CC1=[C-]C(C)C=C1C(C)(C)C.CC1=[C-]C(C)C=C1C(C)(C)C.C[Si](C)=[Hf+2].[Cl-].[Cl-]. The minimum atomic E-state index is 0. The van der Waals surface area contributed by atoms with Crippen LogP contribution in [0, 0.1) is 34.8 Å². The number of halogens is 2. The van der Waals surface area contributed by atoms with Gasteiger partial charge >= 0.3 is 41.6 Å². The van der Waals surface area contributed by atoms with Crippen LogP contribution in [-0.2, 0) is 23.0 Å². The normalized spacial score (nSPS) is 20.6. The molecule has 2 rings (SSSR count). The van der Waals surface area contributed by atoms with Crippen LogP contribution < -0.4 is 24.8 Å². The van der Waals surface area contributed by atoms with E-state index in [0.29, 0.717) is 22.7 Å². The van der Waals surface area contributed by atoms with Crippen molar-refractivity contribution in [2.45, 2.75) is 82.3 Å². The van der Waals surface area contributed by atoms with Gasteiger partial charge in [0.2, 0.25) is 0 Å². The Bertz CT molecular complexity index is 572. The van der Waals surface area contributed by atoms with E-state index in [1.807, 2.05) is 0 Å². The van der Waals surface area contributed by atoms with E-state index in [-0.39, 0.29) is 30.3 Å². The summed E-state index contributed by atoms with van der Waals surface area (Å²) in [7, 11) is 0. The Labute approximate surface area is 203 Å². The van der Waals surface area contributed by atoms with Gasteiger partial charge in [-0.1, -0.05) is 91.9 Å². The van der Waals surface area contributed by atoms with Gasteiger partial charge in [0.15, 0.2) is 0 Å². The van der Waals surface area contributed by atoms with E-state index in [9.17, 15) is 0 Å². The molecule has 0 spiro atoms. The molecule has 0 nitrogen and oxygen atoms in total. The molecule has 0 saturated heterocycles. The summed E-state index contributed by atoms with van der Waals surface area (Å²) in [6.07, 6.45) is 11.4. The average Bonchev–Trinajstić information content (AvgIpc) is 2.90. The number of allylic oxidation sites excluding steroid dienone is 8. The summed E-state index contributed by atoms with van der Waals surface area (Å²) in [5.41, 5.74) is 6.45. The predicted octanol–water partition coefficient (Wildman–Crippen LogP) is 1.51. The van der Waals surface area contributed by atoms with Gasteiger partial charge in [-0.05, 0) is 0 Å². The molecule has 28 heavy (non-hydrogen) atoms. The molecule has 0 fully saturated rings. The van der Waals surface area contributed by atoms with Crippen molar-refractivity contribution < 1.29 is 47.8 Å². The maximum absolute atomic E-state index is 3.40. The third kappa shape index (κ3) is 13.0. The Morgan fingerprint density at radius 1 is 0.750 bits per heavy atom. The quantitative estimate of drug-likeness (QED) is 0.290. The Morgan fingerprint density at radius 2 is 0.964 bits per heavy atom. The number of hydrogen-bond acceptors (Lipinski definition) is 0. The molecule has 2 aliphatic carbocycles. The van der Waals surface area contributed by atoms with Crippen LogP contribution in [0.1, 0.15) is 69.2 Å². The van der Waals surface area contributed by atoms with Gasteiger partial charge in [-0.25, -0.2) is 11.1 Å². The van der Waals surface area contributed by atoms with Crippen molar-refractivity contribution in [3.05, 3.63) is 46.6 Å². The number of hydrogen-bond donors (Lipinski definition) is 0. The molecule has 0 radical (unpaired) electrons. The molecule has 0 amide bonds. The molecule has 0 aliphatic heterocycles. The van der Waals surface area contributed by atoms with Crippen LogP contribution in [0.3, 0.4) is 0 Å². The second kappa shape index (κ2) is 13.8. The van der Waals surface area contributed by atoms with Gasteiger partial charge in [0.1, 0.15) is 0 Å². The Kier molecular flexibility index (Phi) is 16.4. The second-order valence-corrected chi connectivity index (χ2v) is 22.6. The Hall–Kier alpha value is 0.627. The minimum absolute atomic E-state index is 0. The first-order chi connectivity index (χ1) is 11.6. The van der Waals surface area contributed by atoms with Crippen molar-refractivity contribution in [2.75, 3.05) is 0 Å². The molecule has 0 saturated carbocycles. The summed E-state index contributed by atoms with van der Waals surface area (Å²) in [6, 6.07) is 0. The molecule has 2 aliphatic rings. The zero-order valence-corrected chi connectivity index (χ0v) is 26.2. The van der Waals surface area contributed by atoms with Gasteiger partial charge in [-0.3, -0.25) is 12.2 Å². The fraction of sp³-hybridized carbons (Fsp3) is 0.667. The van der Waals surface area contributed by atoms with E-state index in [2.05, 4.69) is 107 Å². The molecule has 0 bridgehead atoms. The molecule has 0 N–H and O–H groups in total. The summed E-state index contributed by atoms with van der Waals surface area (Å²) in [4.78, 5) is 0. The molecular weight excluding hydrogens is 566 g/mol. The van der Waals surface area contributed by atoms with Gasteiger partial charge in [0.25, 0.3) is 0 Å². The van der Waals surface area contributed by atoms with Crippen LogP contribution in [0.15, 0.2) is 34.4 Å². The monoisotopic (exact) mass is 606 g/mol. The molecule has 0 aromatic heterocycles. The van der Waals surface area contributed by atoms with Gasteiger partial charge in [0, 0.05) is 0 Å². The molecular formula is C24H40Cl2HfSi-2. The first-order valence-corrected chi connectivity index (χ1v) is 17.6. The minimum Gasteiger partial charge on any atom is -1.00 e. The van der Waals surface area contributed by atoms with Gasteiger partial charge in [0.05, 0.1) is 0 Å². The van der Waals surface area contributed by atoms with E-state index >= 15 is 0 Å². The predicted molar refractivity (Wildman–Crippen MR) is 116 cm³/mol. The van der Waals surface area contributed by atoms with Crippen LogP contribution >= 0.6 is 0 Å². The molecule has 4 heteroatoms. The van der Waals surface area contributed by atoms with E-state index in [0.717, 1.165) is 0 Å². The molecule has 2 atom stereocenters. The van der Waals surface area contributed by atoms with Gasteiger partial charge in [-0.15, -0.1) is 0 Å². The maximum Gasteiger partial charge on any atom is -1.00 e. The molecule has 2 unspecified atom stereocenters. The average molecular weight is 606 g/mol. The summed E-state index contributed by atoms with van der Waals surface area (Å²) in [5, 5.41) is 0. The van der Waals surface area contributed by atoms with Crippen molar-refractivity contribution in [1.29, 1.82) is 0 Å². The third-order valence-electron chi connectivity index (χ3n) is 4.15. The smallest absolute Gasteiger partial charge is 1.00 e. The Morgan fingerprint density at radius 3 is 1.04 bits per heavy atom. The molecule has 0 heterocycles. The standard InChI is InChI=1S/2C11H17.C2H6Si.2ClH.Hf/c2*1-8-6-9(2)10(7-8)11(3,4)5;1-3-2;;;/h2*7-8H,1-5H3;1-2H3;2*1H;/q2*-1;;;;+2/p-2.